The first-order valence-corrected chi connectivity index (χ1v) is 6.93. The van der Waals surface area contributed by atoms with Crippen LogP contribution in [-0.2, 0) is 9.53 Å². The number of hydrogen-bond acceptors (Lipinski definition) is 3. The van der Waals surface area contributed by atoms with Gasteiger partial charge in [0, 0.05) is 0 Å². The summed E-state index contributed by atoms with van der Waals surface area (Å²) in [4.78, 5) is 11.5. The quantitative estimate of drug-likeness (QED) is 0.730. The Morgan fingerprint density at radius 2 is 1.39 bits per heavy atom. The van der Waals surface area contributed by atoms with Gasteiger partial charge in [0.25, 0.3) is 0 Å². The first-order valence-electron chi connectivity index (χ1n) is 6.93. The number of aliphatic hydroxyl groups is 1. The molecule has 0 saturated heterocycles. The molecule has 0 bridgehead atoms. The fourth-order valence-electron chi connectivity index (χ4n) is 1.51. The van der Waals surface area contributed by atoms with Crippen LogP contribution in [0, 0.1) is 5.41 Å². The average Bonchev–Trinajstić information content (AvgIpc) is 2.15. The maximum atomic E-state index is 11.5. The summed E-state index contributed by atoms with van der Waals surface area (Å²) in [6.07, 6.45) is 6.03. The molecular weight excluding hydrogens is 228 g/mol. The first kappa shape index (κ1) is 17.4. The van der Waals surface area contributed by atoms with Crippen LogP contribution in [0.2, 0.25) is 0 Å². The lowest BCUT2D eigenvalue weighted by Gasteiger charge is -2.25. The lowest BCUT2D eigenvalue weighted by atomic mass is 9.95. The molecule has 108 valence electrons. The molecule has 3 nitrogen and oxygen atoms in total. The third kappa shape index (κ3) is 10.6. The Balaban J connectivity index is 0.000000494. The molecule has 1 fully saturated rings. The predicted octanol–water partition coefficient (Wildman–Crippen LogP) is 3.69. The van der Waals surface area contributed by atoms with Crippen molar-refractivity contribution in [2.24, 2.45) is 5.41 Å². The van der Waals surface area contributed by atoms with Gasteiger partial charge in [-0.1, -0.05) is 6.42 Å². The summed E-state index contributed by atoms with van der Waals surface area (Å²) in [5.74, 6) is -0.0561. The molecule has 1 N–H and O–H groups in total. The molecule has 0 aromatic carbocycles. The van der Waals surface area contributed by atoms with Gasteiger partial charge in [-0.3, -0.25) is 4.79 Å². The Hall–Kier alpha value is -0.570. The van der Waals surface area contributed by atoms with Gasteiger partial charge in [0.15, 0.2) is 0 Å². The lowest BCUT2D eigenvalue weighted by molar-refractivity contribution is -0.160. The monoisotopic (exact) mass is 258 g/mol. The van der Waals surface area contributed by atoms with Crippen molar-refractivity contribution in [2.75, 3.05) is 0 Å². The van der Waals surface area contributed by atoms with E-state index in [1.54, 1.807) is 20.8 Å². The van der Waals surface area contributed by atoms with E-state index in [1.165, 1.54) is 19.3 Å². The number of rotatable bonds is 1. The first-order chi connectivity index (χ1) is 8.00. The van der Waals surface area contributed by atoms with E-state index in [0.717, 1.165) is 12.8 Å². The van der Waals surface area contributed by atoms with Gasteiger partial charge in [-0.05, 0) is 67.2 Å². The highest BCUT2D eigenvalue weighted by Crippen LogP contribution is 2.24. The maximum Gasteiger partial charge on any atom is 0.311 e. The molecule has 1 aliphatic carbocycles. The second-order valence-corrected chi connectivity index (χ2v) is 7.09. The molecule has 0 unspecified atom stereocenters. The van der Waals surface area contributed by atoms with Crippen LogP contribution in [0.25, 0.3) is 0 Å². The molecule has 1 rings (SSSR count). The van der Waals surface area contributed by atoms with Gasteiger partial charge >= 0.3 is 5.97 Å². The summed E-state index contributed by atoms with van der Waals surface area (Å²) in [7, 11) is 0. The zero-order valence-corrected chi connectivity index (χ0v) is 12.9. The Labute approximate surface area is 112 Å². The normalized spacial score (nSPS) is 17.7. The van der Waals surface area contributed by atoms with E-state index in [0.29, 0.717) is 0 Å². The largest absolute Gasteiger partial charge is 0.462 e. The molecule has 0 radical (unpaired) electrons. The van der Waals surface area contributed by atoms with Crippen LogP contribution in [-0.4, -0.2) is 22.8 Å². The molecule has 0 aliphatic heterocycles. The van der Waals surface area contributed by atoms with Crippen LogP contribution in [0.3, 0.4) is 0 Å². The Morgan fingerprint density at radius 3 is 1.72 bits per heavy atom. The fraction of sp³-hybridized carbons (Fsp3) is 0.933. The van der Waals surface area contributed by atoms with Crippen LogP contribution in [0.5, 0.6) is 0 Å². The minimum atomic E-state index is -0.500. The predicted molar refractivity (Wildman–Crippen MR) is 74.4 cm³/mol. The second kappa shape index (κ2) is 7.13. The summed E-state index contributed by atoms with van der Waals surface area (Å²) in [6, 6.07) is 0. The van der Waals surface area contributed by atoms with E-state index in [4.69, 9.17) is 9.84 Å². The van der Waals surface area contributed by atoms with Crippen molar-refractivity contribution in [1.29, 1.82) is 0 Å². The van der Waals surface area contributed by atoms with E-state index in [9.17, 15) is 4.79 Å². The highest BCUT2D eigenvalue weighted by molar-refractivity contribution is 5.75. The highest BCUT2D eigenvalue weighted by Gasteiger charge is 2.26. The Morgan fingerprint density at radius 1 is 1.00 bits per heavy atom. The minimum Gasteiger partial charge on any atom is -0.462 e. The van der Waals surface area contributed by atoms with Crippen LogP contribution in [0.15, 0.2) is 0 Å². The van der Waals surface area contributed by atoms with Gasteiger partial charge in [-0.25, -0.2) is 0 Å². The summed E-state index contributed by atoms with van der Waals surface area (Å²) in [5, 5.41) is 8.52. The number of carbonyl (C=O) groups excluding carboxylic acids is 1. The molecule has 1 saturated carbocycles. The van der Waals surface area contributed by atoms with Gasteiger partial charge in [0.1, 0.15) is 6.10 Å². The molecular formula is C15H30O3. The molecule has 0 aromatic rings. The summed E-state index contributed by atoms with van der Waals surface area (Å²) in [5.41, 5.74) is -0.850. The number of carbonyl (C=O) groups is 1. The molecule has 0 aromatic heterocycles. The Kier molecular flexibility index (Phi) is 6.90. The highest BCUT2D eigenvalue weighted by atomic mass is 16.5. The summed E-state index contributed by atoms with van der Waals surface area (Å²) in [6.45, 7) is 10.9. The number of esters is 1. The van der Waals surface area contributed by atoms with Crippen LogP contribution < -0.4 is 0 Å². The number of hydrogen-bond donors (Lipinski definition) is 1. The van der Waals surface area contributed by atoms with Crippen molar-refractivity contribution < 1.29 is 14.6 Å². The van der Waals surface area contributed by atoms with Crippen LogP contribution in [0.1, 0.15) is 73.6 Å². The van der Waals surface area contributed by atoms with Crippen molar-refractivity contribution in [1.82, 2.24) is 0 Å². The van der Waals surface area contributed by atoms with Crippen molar-refractivity contribution >= 4 is 5.97 Å². The zero-order chi connectivity index (χ0) is 14.4. The van der Waals surface area contributed by atoms with E-state index < -0.39 is 5.60 Å². The molecule has 0 amide bonds. The van der Waals surface area contributed by atoms with Crippen molar-refractivity contribution in [3.8, 4) is 0 Å². The van der Waals surface area contributed by atoms with E-state index >= 15 is 0 Å². The van der Waals surface area contributed by atoms with Gasteiger partial charge in [0.05, 0.1) is 11.0 Å². The zero-order valence-electron chi connectivity index (χ0n) is 12.9. The topological polar surface area (TPSA) is 46.5 Å². The SMILES string of the molecule is CC(C)(C)C(=O)OC1CCCCC1.CC(C)(C)O. The maximum absolute atomic E-state index is 11.5. The summed E-state index contributed by atoms with van der Waals surface area (Å²) < 4.78 is 5.42. The fourth-order valence-corrected chi connectivity index (χ4v) is 1.51. The smallest absolute Gasteiger partial charge is 0.311 e. The third-order valence-electron chi connectivity index (χ3n) is 2.44. The third-order valence-corrected chi connectivity index (χ3v) is 2.44. The number of ether oxygens (including phenoxy) is 1. The Bertz CT molecular complexity index is 233. The van der Waals surface area contributed by atoms with Crippen molar-refractivity contribution in [3.05, 3.63) is 0 Å². The molecule has 0 atom stereocenters. The van der Waals surface area contributed by atoms with Crippen LogP contribution >= 0.6 is 0 Å². The van der Waals surface area contributed by atoms with Gasteiger partial charge in [-0.2, -0.15) is 0 Å². The standard InChI is InChI=1S/C11H20O2.C4H10O/c1-11(2,3)10(12)13-9-7-5-4-6-8-9;1-4(2,3)5/h9H,4-8H2,1-3H3;5H,1-3H3. The minimum absolute atomic E-state index is 0.0561. The molecule has 18 heavy (non-hydrogen) atoms. The summed E-state index contributed by atoms with van der Waals surface area (Å²) >= 11 is 0. The van der Waals surface area contributed by atoms with Crippen molar-refractivity contribution in [3.63, 3.8) is 0 Å². The molecule has 0 heterocycles. The van der Waals surface area contributed by atoms with Gasteiger partial charge in [-0.15, -0.1) is 0 Å². The average molecular weight is 258 g/mol. The van der Waals surface area contributed by atoms with Crippen LogP contribution in [0.4, 0.5) is 0 Å². The molecule has 0 spiro atoms. The second-order valence-electron chi connectivity index (χ2n) is 7.09. The van der Waals surface area contributed by atoms with E-state index in [2.05, 4.69) is 0 Å². The van der Waals surface area contributed by atoms with Crippen molar-refractivity contribution in [2.45, 2.75) is 85.4 Å². The molecule has 1 aliphatic rings. The molecule has 3 heteroatoms. The lowest BCUT2D eigenvalue weighted by Crippen LogP contribution is -2.29. The van der Waals surface area contributed by atoms with Gasteiger partial charge < -0.3 is 9.84 Å². The van der Waals surface area contributed by atoms with E-state index in [1.807, 2.05) is 20.8 Å². The van der Waals surface area contributed by atoms with E-state index in [-0.39, 0.29) is 17.5 Å². The van der Waals surface area contributed by atoms with Gasteiger partial charge in [0.2, 0.25) is 0 Å².